The van der Waals surface area contributed by atoms with E-state index < -0.39 is 5.97 Å². The summed E-state index contributed by atoms with van der Waals surface area (Å²) < 4.78 is 5.94. The number of carbonyl (C=O) groups is 2. The maximum Gasteiger partial charge on any atom is 0.335 e. The molecule has 1 saturated heterocycles. The zero-order chi connectivity index (χ0) is 17.6. The molecule has 5 heteroatoms. The second-order valence-electron chi connectivity index (χ2n) is 6.20. The standard InChI is InChI=1S/C20H21NO4/c22-19(15-8-10-16(11-9-15)20(23)24)21-13-17-7-4-12-25-18(17)14-5-2-1-3-6-14/h1-3,5-6,8-11,17-18H,4,7,12-13H2,(H,21,22)(H,23,24). The Hall–Kier alpha value is -2.66. The van der Waals surface area contributed by atoms with E-state index in [0.717, 1.165) is 25.0 Å². The van der Waals surface area contributed by atoms with Gasteiger partial charge < -0.3 is 15.2 Å². The largest absolute Gasteiger partial charge is 0.478 e. The summed E-state index contributed by atoms with van der Waals surface area (Å²) in [4.78, 5) is 23.2. The smallest absolute Gasteiger partial charge is 0.335 e. The first-order valence-corrected chi connectivity index (χ1v) is 8.43. The molecule has 2 aromatic carbocycles. The average molecular weight is 339 g/mol. The van der Waals surface area contributed by atoms with Gasteiger partial charge in [0.05, 0.1) is 11.7 Å². The molecule has 130 valence electrons. The third-order valence-corrected chi connectivity index (χ3v) is 4.49. The van der Waals surface area contributed by atoms with E-state index in [1.165, 1.54) is 24.3 Å². The molecule has 0 saturated carbocycles. The van der Waals surface area contributed by atoms with Crippen LogP contribution >= 0.6 is 0 Å². The lowest BCUT2D eigenvalue weighted by Gasteiger charge is -2.32. The molecule has 0 aliphatic carbocycles. The molecule has 0 bridgehead atoms. The molecule has 25 heavy (non-hydrogen) atoms. The summed E-state index contributed by atoms with van der Waals surface area (Å²) in [6.07, 6.45) is 1.97. The van der Waals surface area contributed by atoms with Crippen molar-refractivity contribution < 1.29 is 19.4 Å². The molecule has 0 aromatic heterocycles. The summed E-state index contributed by atoms with van der Waals surface area (Å²) in [5.41, 5.74) is 1.76. The summed E-state index contributed by atoms with van der Waals surface area (Å²) in [6.45, 7) is 1.26. The molecule has 0 radical (unpaired) electrons. The van der Waals surface area contributed by atoms with Gasteiger partial charge in [-0.1, -0.05) is 30.3 Å². The minimum absolute atomic E-state index is 0.00960. The van der Waals surface area contributed by atoms with Crippen molar-refractivity contribution >= 4 is 11.9 Å². The van der Waals surface area contributed by atoms with Crippen molar-refractivity contribution in [3.63, 3.8) is 0 Å². The lowest BCUT2D eigenvalue weighted by molar-refractivity contribution is -0.0272. The molecule has 2 atom stereocenters. The van der Waals surface area contributed by atoms with Crippen LogP contribution in [0.15, 0.2) is 54.6 Å². The van der Waals surface area contributed by atoms with E-state index in [9.17, 15) is 9.59 Å². The van der Waals surface area contributed by atoms with E-state index in [0.29, 0.717) is 12.1 Å². The molecule has 3 rings (SSSR count). The predicted octanol–water partition coefficient (Wildman–Crippen LogP) is 3.28. The Labute approximate surface area is 146 Å². The van der Waals surface area contributed by atoms with Crippen molar-refractivity contribution in [1.29, 1.82) is 0 Å². The fourth-order valence-corrected chi connectivity index (χ4v) is 3.15. The second kappa shape index (κ2) is 7.94. The number of aromatic carboxylic acids is 1. The first-order chi connectivity index (χ1) is 12.1. The van der Waals surface area contributed by atoms with Gasteiger partial charge in [0, 0.05) is 24.6 Å². The van der Waals surface area contributed by atoms with E-state index in [-0.39, 0.29) is 23.5 Å². The third kappa shape index (κ3) is 4.25. The van der Waals surface area contributed by atoms with Crippen LogP contribution in [-0.2, 0) is 4.74 Å². The van der Waals surface area contributed by atoms with Gasteiger partial charge in [-0.05, 0) is 42.7 Å². The van der Waals surface area contributed by atoms with Crippen molar-refractivity contribution in [3.8, 4) is 0 Å². The molecule has 0 spiro atoms. The lowest BCUT2D eigenvalue weighted by Crippen LogP contribution is -2.35. The highest BCUT2D eigenvalue weighted by Crippen LogP contribution is 2.33. The minimum Gasteiger partial charge on any atom is -0.478 e. The normalized spacial score (nSPS) is 20.0. The van der Waals surface area contributed by atoms with Gasteiger partial charge in [0.1, 0.15) is 0 Å². The second-order valence-corrected chi connectivity index (χ2v) is 6.20. The fraction of sp³-hybridized carbons (Fsp3) is 0.300. The van der Waals surface area contributed by atoms with Gasteiger partial charge in [-0.25, -0.2) is 4.79 Å². The topological polar surface area (TPSA) is 75.6 Å². The SMILES string of the molecule is O=C(O)c1ccc(C(=O)NCC2CCCOC2c2ccccc2)cc1. The van der Waals surface area contributed by atoms with Gasteiger partial charge in [0.2, 0.25) is 0 Å². The highest BCUT2D eigenvalue weighted by atomic mass is 16.5. The van der Waals surface area contributed by atoms with Crippen LogP contribution in [0.2, 0.25) is 0 Å². The number of benzene rings is 2. The van der Waals surface area contributed by atoms with Crippen LogP contribution in [0.1, 0.15) is 45.2 Å². The van der Waals surface area contributed by atoms with E-state index in [1.807, 2.05) is 18.2 Å². The van der Waals surface area contributed by atoms with Crippen molar-refractivity contribution in [2.24, 2.45) is 5.92 Å². The molecule has 1 aliphatic rings. The molecule has 1 amide bonds. The molecular formula is C20H21NO4. The number of rotatable bonds is 5. The molecule has 2 unspecified atom stereocenters. The maximum atomic E-state index is 12.3. The van der Waals surface area contributed by atoms with Crippen molar-refractivity contribution in [3.05, 3.63) is 71.3 Å². The van der Waals surface area contributed by atoms with Crippen LogP contribution in [-0.4, -0.2) is 30.1 Å². The van der Waals surface area contributed by atoms with Gasteiger partial charge in [0.15, 0.2) is 0 Å². The Kier molecular flexibility index (Phi) is 5.46. The predicted molar refractivity (Wildman–Crippen MR) is 93.6 cm³/mol. The first kappa shape index (κ1) is 17.2. The van der Waals surface area contributed by atoms with Crippen molar-refractivity contribution in [2.75, 3.05) is 13.2 Å². The highest BCUT2D eigenvalue weighted by Gasteiger charge is 2.27. The summed E-state index contributed by atoms with van der Waals surface area (Å²) in [6, 6.07) is 16.0. The van der Waals surface area contributed by atoms with Crippen LogP contribution in [0.4, 0.5) is 0 Å². The molecule has 2 aromatic rings. The minimum atomic E-state index is -1.00. The zero-order valence-electron chi connectivity index (χ0n) is 13.9. The Morgan fingerprint density at radius 3 is 2.40 bits per heavy atom. The molecular weight excluding hydrogens is 318 g/mol. The third-order valence-electron chi connectivity index (χ3n) is 4.49. The summed E-state index contributed by atoms with van der Waals surface area (Å²) in [5, 5.41) is 11.9. The summed E-state index contributed by atoms with van der Waals surface area (Å²) >= 11 is 0. The van der Waals surface area contributed by atoms with Crippen LogP contribution in [0, 0.1) is 5.92 Å². The number of carbonyl (C=O) groups excluding carboxylic acids is 1. The van der Waals surface area contributed by atoms with Gasteiger partial charge in [-0.15, -0.1) is 0 Å². The number of carboxylic acid groups (broad SMARTS) is 1. The zero-order valence-corrected chi connectivity index (χ0v) is 13.9. The lowest BCUT2D eigenvalue weighted by atomic mass is 9.89. The maximum absolute atomic E-state index is 12.3. The van der Waals surface area contributed by atoms with Crippen LogP contribution < -0.4 is 5.32 Å². The quantitative estimate of drug-likeness (QED) is 0.876. The number of amides is 1. The first-order valence-electron chi connectivity index (χ1n) is 8.43. The average Bonchev–Trinajstić information content (AvgIpc) is 2.67. The fourth-order valence-electron chi connectivity index (χ4n) is 3.15. The van der Waals surface area contributed by atoms with Crippen LogP contribution in [0.5, 0.6) is 0 Å². The number of nitrogens with one attached hydrogen (secondary N) is 1. The Bertz CT molecular complexity index is 727. The van der Waals surface area contributed by atoms with E-state index >= 15 is 0 Å². The van der Waals surface area contributed by atoms with Crippen LogP contribution in [0.25, 0.3) is 0 Å². The van der Waals surface area contributed by atoms with Crippen molar-refractivity contribution in [1.82, 2.24) is 5.32 Å². The van der Waals surface area contributed by atoms with Crippen molar-refractivity contribution in [2.45, 2.75) is 18.9 Å². The molecule has 1 heterocycles. The molecule has 5 nitrogen and oxygen atoms in total. The van der Waals surface area contributed by atoms with Crippen LogP contribution in [0.3, 0.4) is 0 Å². The van der Waals surface area contributed by atoms with E-state index in [1.54, 1.807) is 0 Å². The Balaban J connectivity index is 1.62. The van der Waals surface area contributed by atoms with E-state index in [4.69, 9.17) is 9.84 Å². The monoisotopic (exact) mass is 339 g/mol. The molecule has 1 aliphatic heterocycles. The van der Waals surface area contributed by atoms with Gasteiger partial charge >= 0.3 is 5.97 Å². The summed E-state index contributed by atoms with van der Waals surface area (Å²) in [5.74, 6) is -0.982. The summed E-state index contributed by atoms with van der Waals surface area (Å²) in [7, 11) is 0. The Morgan fingerprint density at radius 2 is 1.72 bits per heavy atom. The van der Waals surface area contributed by atoms with E-state index in [2.05, 4.69) is 17.4 Å². The van der Waals surface area contributed by atoms with Gasteiger partial charge in [-0.3, -0.25) is 4.79 Å². The van der Waals surface area contributed by atoms with Gasteiger partial charge in [0.25, 0.3) is 5.91 Å². The number of carboxylic acids is 1. The number of hydrogen-bond acceptors (Lipinski definition) is 3. The molecule has 1 fully saturated rings. The molecule has 2 N–H and O–H groups in total. The Morgan fingerprint density at radius 1 is 1.04 bits per heavy atom. The number of hydrogen-bond donors (Lipinski definition) is 2. The highest BCUT2D eigenvalue weighted by molar-refractivity contribution is 5.95. The van der Waals surface area contributed by atoms with Gasteiger partial charge in [-0.2, -0.15) is 0 Å². The number of ether oxygens (including phenoxy) is 1.